The van der Waals surface area contributed by atoms with Crippen molar-refractivity contribution in [1.82, 2.24) is 15.3 Å². The van der Waals surface area contributed by atoms with Crippen molar-refractivity contribution < 1.29 is 0 Å². The van der Waals surface area contributed by atoms with E-state index in [1.54, 1.807) is 0 Å². The maximum absolute atomic E-state index is 9.02. The van der Waals surface area contributed by atoms with Crippen LogP contribution in [-0.2, 0) is 12.8 Å². The van der Waals surface area contributed by atoms with E-state index in [1.165, 1.54) is 5.56 Å². The Kier molecular flexibility index (Phi) is 5.07. The van der Waals surface area contributed by atoms with Gasteiger partial charge < -0.3 is 10.2 Å². The van der Waals surface area contributed by atoms with Crippen LogP contribution in [0.25, 0.3) is 11.3 Å². The summed E-state index contributed by atoms with van der Waals surface area (Å²) in [6.45, 7) is 7.93. The molecule has 0 aliphatic carbocycles. The predicted octanol–water partition coefficient (Wildman–Crippen LogP) is 2.55. The number of hydrogen-bond donors (Lipinski definition) is 1. The molecule has 5 nitrogen and oxygen atoms in total. The Labute approximate surface area is 143 Å². The molecule has 0 saturated carbocycles. The third kappa shape index (κ3) is 3.24. The highest BCUT2D eigenvalue weighted by molar-refractivity contribution is 5.66. The van der Waals surface area contributed by atoms with Gasteiger partial charge in [0.15, 0.2) is 0 Å². The van der Waals surface area contributed by atoms with Gasteiger partial charge in [-0.2, -0.15) is 5.26 Å². The topological polar surface area (TPSA) is 64.8 Å². The summed E-state index contributed by atoms with van der Waals surface area (Å²) in [6.07, 6.45) is 1.86. The summed E-state index contributed by atoms with van der Waals surface area (Å²) in [4.78, 5) is 11.9. The van der Waals surface area contributed by atoms with E-state index in [2.05, 4.69) is 30.1 Å². The quantitative estimate of drug-likeness (QED) is 0.937. The number of aromatic nitrogens is 2. The summed E-state index contributed by atoms with van der Waals surface area (Å²) >= 11 is 0. The van der Waals surface area contributed by atoms with Crippen LogP contribution in [0.1, 0.15) is 30.7 Å². The van der Waals surface area contributed by atoms with E-state index in [0.29, 0.717) is 5.56 Å². The third-order valence-corrected chi connectivity index (χ3v) is 4.51. The van der Waals surface area contributed by atoms with E-state index in [-0.39, 0.29) is 0 Å². The molecular weight excluding hydrogens is 298 g/mol. The molecule has 0 bridgehead atoms. The van der Waals surface area contributed by atoms with Crippen molar-refractivity contribution in [3.8, 4) is 17.3 Å². The van der Waals surface area contributed by atoms with Gasteiger partial charge in [0.2, 0.25) is 5.95 Å². The Hall–Kier alpha value is -2.45. The van der Waals surface area contributed by atoms with Crippen LogP contribution in [0.5, 0.6) is 0 Å². The molecule has 0 radical (unpaired) electrons. The number of benzene rings is 1. The average Bonchev–Trinajstić information content (AvgIpc) is 2.88. The molecule has 1 aromatic carbocycles. The van der Waals surface area contributed by atoms with E-state index in [0.717, 1.165) is 61.9 Å². The largest absolute Gasteiger partial charge is 0.341 e. The lowest BCUT2D eigenvalue weighted by Crippen LogP contribution is -2.25. The molecule has 1 aliphatic heterocycles. The fourth-order valence-corrected chi connectivity index (χ4v) is 3.12. The summed E-state index contributed by atoms with van der Waals surface area (Å²) < 4.78 is 0. The van der Waals surface area contributed by atoms with E-state index in [1.807, 2.05) is 24.3 Å². The lowest BCUT2D eigenvalue weighted by atomic mass is 10.0. The molecule has 1 aliphatic rings. The third-order valence-electron chi connectivity index (χ3n) is 4.51. The fourth-order valence-electron chi connectivity index (χ4n) is 3.12. The van der Waals surface area contributed by atoms with Crippen LogP contribution in [-0.4, -0.2) is 36.1 Å². The zero-order valence-corrected chi connectivity index (χ0v) is 14.3. The van der Waals surface area contributed by atoms with Crippen molar-refractivity contribution in [1.29, 1.82) is 5.26 Å². The highest BCUT2D eigenvalue weighted by Crippen LogP contribution is 2.28. The van der Waals surface area contributed by atoms with Gasteiger partial charge >= 0.3 is 0 Å². The lowest BCUT2D eigenvalue weighted by molar-refractivity contribution is 0.708. The predicted molar refractivity (Wildman–Crippen MR) is 96.0 cm³/mol. The monoisotopic (exact) mass is 321 g/mol. The lowest BCUT2D eigenvalue weighted by Gasteiger charge is -2.22. The van der Waals surface area contributed by atoms with Gasteiger partial charge in [0.05, 0.1) is 23.0 Å². The molecular formula is C19H23N5. The maximum atomic E-state index is 9.02. The van der Waals surface area contributed by atoms with Crippen molar-refractivity contribution in [2.75, 3.05) is 31.1 Å². The minimum atomic E-state index is 0.671. The van der Waals surface area contributed by atoms with Crippen LogP contribution in [0.4, 0.5) is 5.95 Å². The highest BCUT2D eigenvalue weighted by Gasteiger charge is 2.19. The summed E-state index contributed by atoms with van der Waals surface area (Å²) in [6, 6.07) is 9.87. The highest BCUT2D eigenvalue weighted by atomic mass is 15.2. The van der Waals surface area contributed by atoms with Gasteiger partial charge in [-0.1, -0.05) is 12.1 Å². The molecule has 3 rings (SSSR count). The van der Waals surface area contributed by atoms with Gasteiger partial charge in [0, 0.05) is 37.2 Å². The molecule has 24 heavy (non-hydrogen) atoms. The number of rotatable bonds is 4. The first-order valence-electron chi connectivity index (χ1n) is 8.62. The molecule has 124 valence electrons. The van der Waals surface area contributed by atoms with Crippen molar-refractivity contribution in [3.05, 3.63) is 41.1 Å². The van der Waals surface area contributed by atoms with Crippen molar-refractivity contribution in [2.45, 2.75) is 26.7 Å². The second-order valence-electron chi connectivity index (χ2n) is 5.91. The molecule has 0 fully saturated rings. The number of fused-ring (bicyclic) bond motifs is 1. The van der Waals surface area contributed by atoms with E-state index in [9.17, 15) is 0 Å². The number of anilines is 1. The molecule has 0 unspecified atom stereocenters. The Morgan fingerprint density at radius 1 is 1.08 bits per heavy atom. The van der Waals surface area contributed by atoms with Crippen molar-refractivity contribution in [2.24, 2.45) is 0 Å². The second-order valence-corrected chi connectivity index (χ2v) is 5.91. The first-order chi connectivity index (χ1) is 11.8. The molecule has 1 N–H and O–H groups in total. The van der Waals surface area contributed by atoms with E-state index >= 15 is 0 Å². The van der Waals surface area contributed by atoms with Gasteiger partial charge in [-0.15, -0.1) is 0 Å². The normalized spacial score (nSPS) is 13.7. The zero-order chi connectivity index (χ0) is 16.9. The number of hydrogen-bond acceptors (Lipinski definition) is 5. The average molecular weight is 321 g/mol. The molecule has 2 aromatic rings. The summed E-state index contributed by atoms with van der Waals surface area (Å²) in [5, 5.41) is 12.5. The first-order valence-corrected chi connectivity index (χ1v) is 8.62. The molecule has 0 spiro atoms. The Balaban J connectivity index is 2.14. The summed E-state index contributed by atoms with van der Waals surface area (Å²) in [5.74, 6) is 0.806. The summed E-state index contributed by atoms with van der Waals surface area (Å²) in [5.41, 5.74) is 5.12. The molecule has 0 atom stereocenters. The van der Waals surface area contributed by atoms with E-state index in [4.69, 9.17) is 15.2 Å². The van der Waals surface area contributed by atoms with Crippen molar-refractivity contribution in [3.63, 3.8) is 0 Å². The standard InChI is InChI=1S/C19H23N5/c1-3-24(4-2)19-22-17-10-12-21-11-9-16(17)18(23-19)15-7-5-14(13-20)6-8-15/h5-8,21H,3-4,9-12H2,1-2H3. The SMILES string of the molecule is CCN(CC)c1nc2c(c(-c3ccc(C#N)cc3)n1)CCNCC2. The summed E-state index contributed by atoms with van der Waals surface area (Å²) in [7, 11) is 0. The van der Waals surface area contributed by atoms with Gasteiger partial charge in [0.1, 0.15) is 0 Å². The van der Waals surface area contributed by atoms with Gasteiger partial charge in [0.25, 0.3) is 0 Å². The smallest absolute Gasteiger partial charge is 0.226 e. The minimum absolute atomic E-state index is 0.671. The molecule has 1 aromatic heterocycles. The Morgan fingerprint density at radius 3 is 2.46 bits per heavy atom. The van der Waals surface area contributed by atoms with Crippen LogP contribution in [0.2, 0.25) is 0 Å². The van der Waals surface area contributed by atoms with Crippen LogP contribution < -0.4 is 10.2 Å². The second kappa shape index (κ2) is 7.41. The van der Waals surface area contributed by atoms with Crippen LogP contribution in [0.3, 0.4) is 0 Å². The van der Waals surface area contributed by atoms with Gasteiger partial charge in [-0.25, -0.2) is 9.97 Å². The van der Waals surface area contributed by atoms with E-state index < -0.39 is 0 Å². The minimum Gasteiger partial charge on any atom is -0.341 e. The molecule has 5 heteroatoms. The maximum Gasteiger partial charge on any atom is 0.226 e. The number of nitrogens with one attached hydrogen (secondary N) is 1. The fraction of sp³-hybridized carbons (Fsp3) is 0.421. The number of nitrogens with zero attached hydrogens (tertiary/aromatic N) is 4. The van der Waals surface area contributed by atoms with Gasteiger partial charge in [-0.05, 0) is 38.9 Å². The van der Waals surface area contributed by atoms with Gasteiger partial charge in [-0.3, -0.25) is 0 Å². The van der Waals surface area contributed by atoms with Crippen LogP contribution in [0, 0.1) is 11.3 Å². The Bertz CT molecular complexity index is 742. The van der Waals surface area contributed by atoms with Crippen LogP contribution >= 0.6 is 0 Å². The molecule has 2 heterocycles. The molecule has 0 saturated heterocycles. The first kappa shape index (κ1) is 16.4. The van der Waals surface area contributed by atoms with Crippen LogP contribution in [0.15, 0.2) is 24.3 Å². The Morgan fingerprint density at radius 2 is 1.79 bits per heavy atom. The molecule has 0 amide bonds. The zero-order valence-electron chi connectivity index (χ0n) is 14.3. The number of nitriles is 1. The van der Waals surface area contributed by atoms with Crippen molar-refractivity contribution >= 4 is 5.95 Å².